The summed E-state index contributed by atoms with van der Waals surface area (Å²) < 4.78 is 0. The Morgan fingerprint density at radius 1 is 1.58 bits per heavy atom. The molecule has 0 saturated heterocycles. The lowest BCUT2D eigenvalue weighted by atomic mass is 10.1. The van der Waals surface area contributed by atoms with Crippen LogP contribution in [-0.2, 0) is 0 Å². The van der Waals surface area contributed by atoms with Crippen LogP contribution in [0, 0.1) is 6.92 Å². The van der Waals surface area contributed by atoms with Crippen LogP contribution in [0.5, 0.6) is 0 Å². The number of aryl methyl sites for hydroxylation is 1. The molecule has 1 aromatic rings. The summed E-state index contributed by atoms with van der Waals surface area (Å²) >= 11 is 0. The Hall–Kier alpha value is -1.18. The normalized spacial score (nSPS) is 9.83. The van der Waals surface area contributed by atoms with Gasteiger partial charge < -0.3 is 0 Å². The monoisotopic (exact) mass is 163 g/mol. The van der Waals surface area contributed by atoms with Gasteiger partial charge in [-0.3, -0.25) is 9.78 Å². The zero-order valence-corrected chi connectivity index (χ0v) is 7.50. The fourth-order valence-electron chi connectivity index (χ4n) is 1.04. The third-order valence-electron chi connectivity index (χ3n) is 1.68. The predicted octanol–water partition coefficient (Wildman–Crippen LogP) is 2.37. The van der Waals surface area contributed by atoms with E-state index in [9.17, 15) is 4.79 Å². The van der Waals surface area contributed by atoms with Gasteiger partial charge in [0.1, 0.15) is 5.69 Å². The molecule has 0 bridgehead atoms. The SMILES string of the molecule is CCCC(=O)c1cc(C)ccn1. The Bertz CT molecular complexity index is 281. The fraction of sp³-hybridized carbons (Fsp3) is 0.400. The first-order valence-corrected chi connectivity index (χ1v) is 4.20. The molecule has 0 unspecified atom stereocenters. The summed E-state index contributed by atoms with van der Waals surface area (Å²) in [6.07, 6.45) is 3.16. The highest BCUT2D eigenvalue weighted by molar-refractivity contribution is 5.94. The van der Waals surface area contributed by atoms with E-state index in [1.54, 1.807) is 6.20 Å². The van der Waals surface area contributed by atoms with Gasteiger partial charge in [-0.1, -0.05) is 6.92 Å². The second kappa shape index (κ2) is 4.00. The average molecular weight is 163 g/mol. The first kappa shape index (κ1) is 8.91. The smallest absolute Gasteiger partial charge is 0.181 e. The molecule has 12 heavy (non-hydrogen) atoms. The Morgan fingerprint density at radius 3 is 2.92 bits per heavy atom. The minimum Gasteiger partial charge on any atom is -0.292 e. The number of rotatable bonds is 3. The summed E-state index contributed by atoms with van der Waals surface area (Å²) in [6.45, 7) is 3.96. The molecule has 0 aliphatic rings. The summed E-state index contributed by atoms with van der Waals surface area (Å²) in [5.74, 6) is 0.140. The fourth-order valence-corrected chi connectivity index (χ4v) is 1.04. The molecule has 0 fully saturated rings. The molecule has 0 aliphatic heterocycles. The minimum atomic E-state index is 0.140. The van der Waals surface area contributed by atoms with Crippen LogP contribution < -0.4 is 0 Å². The zero-order chi connectivity index (χ0) is 8.97. The molecule has 2 heteroatoms. The molecule has 0 atom stereocenters. The first-order valence-electron chi connectivity index (χ1n) is 4.20. The van der Waals surface area contributed by atoms with E-state index in [4.69, 9.17) is 0 Å². The lowest BCUT2D eigenvalue weighted by Crippen LogP contribution is -2.01. The maximum atomic E-state index is 11.3. The van der Waals surface area contributed by atoms with Crippen LogP contribution in [0.15, 0.2) is 18.3 Å². The molecule has 64 valence electrons. The number of carbonyl (C=O) groups is 1. The molecule has 1 heterocycles. The highest BCUT2D eigenvalue weighted by Gasteiger charge is 2.04. The summed E-state index contributed by atoms with van der Waals surface area (Å²) in [5, 5.41) is 0. The third kappa shape index (κ3) is 2.16. The van der Waals surface area contributed by atoms with E-state index in [1.165, 1.54) is 0 Å². The molecule has 1 rings (SSSR count). The van der Waals surface area contributed by atoms with Crippen LogP contribution in [-0.4, -0.2) is 10.8 Å². The van der Waals surface area contributed by atoms with Crippen molar-refractivity contribution in [1.82, 2.24) is 4.98 Å². The van der Waals surface area contributed by atoms with Crippen molar-refractivity contribution in [3.05, 3.63) is 29.6 Å². The average Bonchev–Trinajstić information content (AvgIpc) is 2.05. The molecular weight excluding hydrogens is 150 g/mol. The van der Waals surface area contributed by atoms with Gasteiger partial charge in [0.05, 0.1) is 0 Å². The largest absolute Gasteiger partial charge is 0.292 e. The van der Waals surface area contributed by atoms with Crippen molar-refractivity contribution < 1.29 is 4.79 Å². The maximum Gasteiger partial charge on any atom is 0.181 e. The molecule has 0 radical (unpaired) electrons. The van der Waals surface area contributed by atoms with E-state index in [0.29, 0.717) is 12.1 Å². The third-order valence-corrected chi connectivity index (χ3v) is 1.68. The van der Waals surface area contributed by atoms with Crippen LogP contribution in [0.3, 0.4) is 0 Å². The number of carbonyl (C=O) groups excluding carboxylic acids is 1. The van der Waals surface area contributed by atoms with Gasteiger partial charge in [0.25, 0.3) is 0 Å². The van der Waals surface area contributed by atoms with Gasteiger partial charge in [0, 0.05) is 12.6 Å². The van der Waals surface area contributed by atoms with Crippen LogP contribution in [0.2, 0.25) is 0 Å². The molecule has 0 amide bonds. The Labute approximate surface area is 72.6 Å². The molecular formula is C10H13NO. The number of nitrogens with zero attached hydrogens (tertiary/aromatic N) is 1. The van der Waals surface area contributed by atoms with Gasteiger partial charge in [0.15, 0.2) is 5.78 Å². The quantitative estimate of drug-likeness (QED) is 0.640. The van der Waals surface area contributed by atoms with Crippen molar-refractivity contribution in [2.75, 3.05) is 0 Å². The van der Waals surface area contributed by atoms with Crippen molar-refractivity contribution in [3.8, 4) is 0 Å². The van der Waals surface area contributed by atoms with E-state index in [1.807, 2.05) is 26.0 Å². The highest BCUT2D eigenvalue weighted by atomic mass is 16.1. The van der Waals surface area contributed by atoms with Crippen LogP contribution in [0.1, 0.15) is 35.8 Å². The van der Waals surface area contributed by atoms with Crippen LogP contribution in [0.4, 0.5) is 0 Å². The van der Waals surface area contributed by atoms with Gasteiger partial charge in [-0.05, 0) is 31.0 Å². The van der Waals surface area contributed by atoms with Crippen LogP contribution >= 0.6 is 0 Å². The molecule has 0 saturated carbocycles. The van der Waals surface area contributed by atoms with Gasteiger partial charge in [-0.2, -0.15) is 0 Å². The van der Waals surface area contributed by atoms with Gasteiger partial charge in [0.2, 0.25) is 0 Å². The molecule has 0 spiro atoms. The van der Waals surface area contributed by atoms with E-state index in [0.717, 1.165) is 12.0 Å². The van der Waals surface area contributed by atoms with E-state index in [-0.39, 0.29) is 5.78 Å². The van der Waals surface area contributed by atoms with E-state index < -0.39 is 0 Å². The first-order chi connectivity index (χ1) is 5.74. The maximum absolute atomic E-state index is 11.3. The summed E-state index contributed by atoms with van der Waals surface area (Å²) in [7, 11) is 0. The summed E-state index contributed by atoms with van der Waals surface area (Å²) in [6, 6.07) is 3.72. The van der Waals surface area contributed by atoms with Crippen molar-refractivity contribution in [1.29, 1.82) is 0 Å². The number of Topliss-reactive ketones (excluding diaryl/α,β-unsaturated/α-hetero) is 1. The zero-order valence-electron chi connectivity index (χ0n) is 7.50. The lowest BCUT2D eigenvalue weighted by Gasteiger charge is -1.98. The number of ketones is 1. The summed E-state index contributed by atoms with van der Waals surface area (Å²) in [4.78, 5) is 15.3. The van der Waals surface area contributed by atoms with Crippen molar-refractivity contribution in [2.45, 2.75) is 26.7 Å². The highest BCUT2D eigenvalue weighted by Crippen LogP contribution is 2.04. The topological polar surface area (TPSA) is 30.0 Å². The Kier molecular flexibility index (Phi) is 2.97. The molecule has 2 nitrogen and oxygen atoms in total. The number of hydrogen-bond acceptors (Lipinski definition) is 2. The standard InChI is InChI=1S/C10H13NO/c1-3-4-10(12)9-7-8(2)5-6-11-9/h5-7H,3-4H2,1-2H3. The van der Waals surface area contributed by atoms with Gasteiger partial charge in [-0.25, -0.2) is 0 Å². The Morgan fingerprint density at radius 2 is 2.33 bits per heavy atom. The molecule has 0 aromatic carbocycles. The minimum absolute atomic E-state index is 0.140. The van der Waals surface area contributed by atoms with Crippen molar-refractivity contribution in [2.24, 2.45) is 0 Å². The summed E-state index contributed by atoms with van der Waals surface area (Å²) in [5.41, 5.74) is 1.68. The van der Waals surface area contributed by atoms with Crippen molar-refractivity contribution >= 4 is 5.78 Å². The predicted molar refractivity (Wildman–Crippen MR) is 48.2 cm³/mol. The van der Waals surface area contributed by atoms with Crippen molar-refractivity contribution in [3.63, 3.8) is 0 Å². The second-order valence-electron chi connectivity index (χ2n) is 2.89. The molecule has 1 aromatic heterocycles. The van der Waals surface area contributed by atoms with E-state index in [2.05, 4.69) is 4.98 Å². The number of pyridine rings is 1. The number of aromatic nitrogens is 1. The lowest BCUT2D eigenvalue weighted by molar-refractivity contribution is 0.0977. The molecule has 0 N–H and O–H groups in total. The number of hydrogen-bond donors (Lipinski definition) is 0. The van der Waals surface area contributed by atoms with Gasteiger partial charge in [-0.15, -0.1) is 0 Å². The molecule has 0 aliphatic carbocycles. The van der Waals surface area contributed by atoms with E-state index >= 15 is 0 Å². The van der Waals surface area contributed by atoms with Crippen LogP contribution in [0.25, 0.3) is 0 Å². The van der Waals surface area contributed by atoms with Gasteiger partial charge >= 0.3 is 0 Å². The Balaban J connectivity index is 2.81. The second-order valence-corrected chi connectivity index (χ2v) is 2.89.